The van der Waals surface area contributed by atoms with Crippen molar-refractivity contribution < 1.29 is 4.52 Å². The average Bonchev–Trinajstić information content (AvgIpc) is 2.94. The van der Waals surface area contributed by atoms with Crippen LogP contribution in [0.1, 0.15) is 24.7 Å². The van der Waals surface area contributed by atoms with E-state index in [1.807, 2.05) is 25.3 Å². The van der Waals surface area contributed by atoms with Crippen LogP contribution in [0.4, 0.5) is 5.82 Å². The van der Waals surface area contributed by atoms with Gasteiger partial charge in [-0.25, -0.2) is 4.98 Å². The number of hydrogen-bond donors (Lipinski definition) is 0. The predicted molar refractivity (Wildman–Crippen MR) is 83.2 cm³/mol. The summed E-state index contributed by atoms with van der Waals surface area (Å²) in [6.45, 7) is 7.73. The maximum atomic E-state index is 5.27. The molecule has 2 aromatic heterocycles. The molecule has 0 N–H and O–H groups in total. The molecule has 21 heavy (non-hydrogen) atoms. The van der Waals surface area contributed by atoms with Crippen LogP contribution < -0.4 is 4.90 Å². The van der Waals surface area contributed by atoms with Crippen LogP contribution in [0.5, 0.6) is 0 Å². The van der Waals surface area contributed by atoms with Crippen molar-refractivity contribution in [3.05, 3.63) is 34.5 Å². The highest BCUT2D eigenvalue weighted by atomic mass is 79.9. The molecule has 0 spiro atoms. The molecular weight excluding hydrogens is 334 g/mol. The number of pyridine rings is 1. The van der Waals surface area contributed by atoms with Gasteiger partial charge in [0, 0.05) is 32.4 Å². The highest BCUT2D eigenvalue weighted by Gasteiger charge is 2.26. The van der Waals surface area contributed by atoms with E-state index < -0.39 is 0 Å². The van der Waals surface area contributed by atoms with Crippen LogP contribution in [-0.4, -0.2) is 46.2 Å². The molecule has 3 rings (SSSR count). The molecule has 2 aromatic rings. The first-order valence-corrected chi connectivity index (χ1v) is 7.84. The zero-order chi connectivity index (χ0) is 14.8. The normalized spacial score (nSPS) is 18.0. The molecule has 0 radical (unpaired) electrons. The van der Waals surface area contributed by atoms with Crippen molar-refractivity contribution in [2.45, 2.75) is 19.9 Å². The summed E-state index contributed by atoms with van der Waals surface area (Å²) in [5.41, 5.74) is 0. The molecule has 112 valence electrons. The Kier molecular flexibility index (Phi) is 4.21. The lowest BCUT2D eigenvalue weighted by Crippen LogP contribution is -2.47. The van der Waals surface area contributed by atoms with Gasteiger partial charge < -0.3 is 9.42 Å². The van der Waals surface area contributed by atoms with Gasteiger partial charge in [-0.15, -0.1) is 0 Å². The number of anilines is 1. The summed E-state index contributed by atoms with van der Waals surface area (Å²) in [5, 5.41) is 3.87. The summed E-state index contributed by atoms with van der Waals surface area (Å²) in [4.78, 5) is 13.4. The molecule has 0 unspecified atom stereocenters. The van der Waals surface area contributed by atoms with Crippen molar-refractivity contribution in [2.24, 2.45) is 0 Å². The van der Waals surface area contributed by atoms with Crippen molar-refractivity contribution in [3.63, 3.8) is 0 Å². The summed E-state index contributed by atoms with van der Waals surface area (Å²) in [6.07, 6.45) is 1.83. The smallest absolute Gasteiger partial charge is 0.243 e. The van der Waals surface area contributed by atoms with Crippen LogP contribution in [0.3, 0.4) is 0 Å². The molecule has 1 fully saturated rings. The van der Waals surface area contributed by atoms with E-state index in [1.54, 1.807) is 0 Å². The van der Waals surface area contributed by atoms with Crippen molar-refractivity contribution in [1.82, 2.24) is 20.0 Å². The molecule has 0 saturated carbocycles. The van der Waals surface area contributed by atoms with Gasteiger partial charge in [0.2, 0.25) is 5.89 Å². The molecule has 6 nitrogen and oxygen atoms in total. The maximum absolute atomic E-state index is 5.27. The Labute approximate surface area is 132 Å². The van der Waals surface area contributed by atoms with Gasteiger partial charge in [0.15, 0.2) is 5.82 Å². The maximum Gasteiger partial charge on any atom is 0.243 e. The number of aromatic nitrogens is 3. The van der Waals surface area contributed by atoms with Crippen LogP contribution in [-0.2, 0) is 0 Å². The minimum Gasteiger partial charge on any atom is -0.353 e. The van der Waals surface area contributed by atoms with E-state index in [2.05, 4.69) is 47.8 Å². The Morgan fingerprint density at radius 2 is 2.05 bits per heavy atom. The van der Waals surface area contributed by atoms with E-state index in [4.69, 9.17) is 4.52 Å². The Hall–Kier alpha value is -1.47. The molecule has 1 aliphatic heterocycles. The molecule has 0 aliphatic carbocycles. The summed E-state index contributed by atoms with van der Waals surface area (Å²) >= 11 is 3.56. The third-order valence-electron chi connectivity index (χ3n) is 3.80. The minimum atomic E-state index is 0.153. The van der Waals surface area contributed by atoms with Gasteiger partial charge in [0.25, 0.3) is 0 Å². The quantitative estimate of drug-likeness (QED) is 0.846. The van der Waals surface area contributed by atoms with Crippen LogP contribution >= 0.6 is 15.9 Å². The van der Waals surface area contributed by atoms with E-state index in [9.17, 15) is 0 Å². The fourth-order valence-electron chi connectivity index (χ4n) is 2.57. The molecule has 0 aromatic carbocycles. The fourth-order valence-corrected chi connectivity index (χ4v) is 3.08. The molecule has 1 saturated heterocycles. The van der Waals surface area contributed by atoms with Gasteiger partial charge >= 0.3 is 0 Å². The number of aryl methyl sites for hydroxylation is 1. The summed E-state index contributed by atoms with van der Waals surface area (Å²) in [5.74, 6) is 2.39. The number of piperazine rings is 1. The zero-order valence-electron chi connectivity index (χ0n) is 12.2. The third-order valence-corrected chi connectivity index (χ3v) is 4.42. The van der Waals surface area contributed by atoms with Crippen LogP contribution in [0, 0.1) is 6.92 Å². The number of hydrogen-bond acceptors (Lipinski definition) is 6. The van der Waals surface area contributed by atoms with Gasteiger partial charge in [-0.1, -0.05) is 5.16 Å². The van der Waals surface area contributed by atoms with Crippen molar-refractivity contribution in [3.8, 4) is 0 Å². The fraction of sp³-hybridized carbons (Fsp3) is 0.500. The third kappa shape index (κ3) is 3.08. The van der Waals surface area contributed by atoms with Gasteiger partial charge in [-0.2, -0.15) is 4.98 Å². The number of nitrogens with zero attached hydrogens (tertiary/aromatic N) is 5. The summed E-state index contributed by atoms with van der Waals surface area (Å²) in [6, 6.07) is 4.11. The van der Waals surface area contributed by atoms with E-state index >= 15 is 0 Å². The topological polar surface area (TPSA) is 58.3 Å². The first kappa shape index (κ1) is 14.5. The first-order valence-electron chi connectivity index (χ1n) is 7.05. The Bertz CT molecular complexity index is 609. The van der Waals surface area contributed by atoms with Crippen LogP contribution in [0.15, 0.2) is 27.3 Å². The molecule has 0 amide bonds. The number of rotatable bonds is 3. The molecule has 3 heterocycles. The molecular formula is C14H18BrN5O. The molecule has 1 atom stereocenters. The minimum absolute atomic E-state index is 0.153. The van der Waals surface area contributed by atoms with E-state index in [0.717, 1.165) is 36.5 Å². The Morgan fingerprint density at radius 1 is 1.29 bits per heavy atom. The zero-order valence-corrected chi connectivity index (χ0v) is 13.7. The van der Waals surface area contributed by atoms with E-state index in [1.165, 1.54) is 0 Å². The molecule has 7 heteroatoms. The van der Waals surface area contributed by atoms with Crippen molar-refractivity contribution in [2.75, 3.05) is 31.1 Å². The second kappa shape index (κ2) is 6.11. The van der Waals surface area contributed by atoms with Crippen LogP contribution in [0.2, 0.25) is 0 Å². The highest BCUT2D eigenvalue weighted by molar-refractivity contribution is 9.10. The van der Waals surface area contributed by atoms with Gasteiger partial charge in [0.05, 0.1) is 10.5 Å². The molecule has 0 bridgehead atoms. The Balaban J connectivity index is 1.64. The monoisotopic (exact) mass is 351 g/mol. The lowest BCUT2D eigenvalue weighted by molar-refractivity contribution is 0.164. The van der Waals surface area contributed by atoms with E-state index in [-0.39, 0.29) is 6.04 Å². The Morgan fingerprint density at radius 3 is 2.67 bits per heavy atom. The SMILES string of the molecule is Cc1noc([C@@H](C)N2CCN(c3ncccc3Br)CC2)n1. The van der Waals surface area contributed by atoms with Crippen LogP contribution in [0.25, 0.3) is 0 Å². The number of halogens is 1. The van der Waals surface area contributed by atoms with E-state index in [0.29, 0.717) is 11.7 Å². The largest absolute Gasteiger partial charge is 0.353 e. The van der Waals surface area contributed by atoms with Gasteiger partial charge in [-0.05, 0) is 41.9 Å². The second-order valence-electron chi connectivity index (χ2n) is 5.19. The lowest BCUT2D eigenvalue weighted by Gasteiger charge is -2.37. The highest BCUT2D eigenvalue weighted by Crippen LogP contribution is 2.26. The first-order chi connectivity index (χ1) is 10.1. The second-order valence-corrected chi connectivity index (χ2v) is 6.04. The molecule has 1 aliphatic rings. The summed E-state index contributed by atoms with van der Waals surface area (Å²) in [7, 11) is 0. The van der Waals surface area contributed by atoms with Gasteiger partial charge in [0.1, 0.15) is 5.82 Å². The van der Waals surface area contributed by atoms with Crippen molar-refractivity contribution >= 4 is 21.7 Å². The summed E-state index contributed by atoms with van der Waals surface area (Å²) < 4.78 is 6.31. The standard InChI is InChI=1S/C14H18BrN5O/c1-10(14-17-11(2)18-21-14)19-6-8-20(9-7-19)13-12(15)4-3-5-16-13/h3-5,10H,6-9H2,1-2H3/t10-/m1/s1. The predicted octanol–water partition coefficient (Wildman–Crippen LogP) is 2.42. The van der Waals surface area contributed by atoms with Crippen molar-refractivity contribution in [1.29, 1.82) is 0 Å². The van der Waals surface area contributed by atoms with Gasteiger partial charge in [-0.3, -0.25) is 4.90 Å². The lowest BCUT2D eigenvalue weighted by atomic mass is 10.2. The average molecular weight is 352 g/mol.